The number of hydrogen-bond donors (Lipinski definition) is 0. The van der Waals surface area contributed by atoms with Crippen molar-refractivity contribution < 1.29 is 9.21 Å². The zero-order valence-corrected chi connectivity index (χ0v) is 16.1. The molecule has 0 N–H and O–H groups in total. The molecule has 0 unspecified atom stereocenters. The Labute approximate surface area is 160 Å². The summed E-state index contributed by atoms with van der Waals surface area (Å²) in [6, 6.07) is 12.0. The molecule has 5 heteroatoms. The Morgan fingerprint density at radius 1 is 1.26 bits per heavy atom. The zero-order valence-electron chi connectivity index (χ0n) is 16.1. The molecule has 2 aliphatic heterocycles. The lowest BCUT2D eigenvalue weighted by molar-refractivity contribution is -0.135. The number of furan rings is 1. The standard InChI is InChI=1S/C22H27N3O2/c1-16-7-9-18(10-8-16)19-13-20(21-6-4-12-27-21)25(23-19)22(26)15-24-11-3-5-17(2)14-24/h4,6-10,12,17,20H,3,5,11,13-15H2,1-2H3/t17-,20-/m0/s1. The van der Waals surface area contributed by atoms with Crippen LogP contribution in [0.15, 0.2) is 52.2 Å². The fraction of sp³-hybridized carbons (Fsp3) is 0.455. The van der Waals surface area contributed by atoms with Gasteiger partial charge in [0.2, 0.25) is 0 Å². The van der Waals surface area contributed by atoms with Crippen LogP contribution in [-0.2, 0) is 4.79 Å². The fourth-order valence-electron chi connectivity index (χ4n) is 4.06. The predicted octanol–water partition coefficient (Wildman–Crippen LogP) is 4.00. The van der Waals surface area contributed by atoms with Gasteiger partial charge in [0, 0.05) is 13.0 Å². The molecule has 2 aromatic rings. The number of amides is 1. The lowest BCUT2D eigenvalue weighted by Gasteiger charge is -2.31. The summed E-state index contributed by atoms with van der Waals surface area (Å²) in [6.07, 6.45) is 4.75. The highest BCUT2D eigenvalue weighted by molar-refractivity contribution is 6.03. The van der Waals surface area contributed by atoms with Gasteiger partial charge in [0.25, 0.3) is 5.91 Å². The van der Waals surface area contributed by atoms with Gasteiger partial charge >= 0.3 is 0 Å². The van der Waals surface area contributed by atoms with Gasteiger partial charge in [-0.05, 0) is 49.9 Å². The van der Waals surface area contributed by atoms with Crippen LogP contribution in [0.2, 0.25) is 0 Å². The number of carbonyl (C=O) groups excluding carboxylic acids is 1. The average Bonchev–Trinajstić information content (AvgIpc) is 3.32. The molecule has 2 aliphatic rings. The first-order valence-corrected chi connectivity index (χ1v) is 9.82. The summed E-state index contributed by atoms with van der Waals surface area (Å²) >= 11 is 0. The first-order chi connectivity index (χ1) is 13.1. The predicted molar refractivity (Wildman–Crippen MR) is 105 cm³/mol. The molecule has 1 aromatic carbocycles. The van der Waals surface area contributed by atoms with Crippen molar-refractivity contribution in [3.63, 3.8) is 0 Å². The minimum absolute atomic E-state index is 0.0487. The molecule has 2 atom stereocenters. The highest BCUT2D eigenvalue weighted by Gasteiger charge is 2.35. The van der Waals surface area contributed by atoms with Gasteiger partial charge < -0.3 is 4.42 Å². The topological polar surface area (TPSA) is 49.1 Å². The van der Waals surface area contributed by atoms with E-state index in [1.54, 1.807) is 11.3 Å². The molecule has 1 saturated heterocycles. The lowest BCUT2D eigenvalue weighted by Crippen LogP contribution is -2.42. The molecule has 1 amide bonds. The minimum Gasteiger partial charge on any atom is -0.467 e. The van der Waals surface area contributed by atoms with Gasteiger partial charge in [0.05, 0.1) is 18.5 Å². The summed E-state index contributed by atoms with van der Waals surface area (Å²) in [5.41, 5.74) is 3.22. The van der Waals surface area contributed by atoms with Crippen LogP contribution < -0.4 is 0 Å². The first-order valence-electron chi connectivity index (χ1n) is 9.82. The van der Waals surface area contributed by atoms with Crippen molar-refractivity contribution in [3.05, 3.63) is 59.5 Å². The number of benzene rings is 1. The van der Waals surface area contributed by atoms with E-state index < -0.39 is 0 Å². The molecule has 0 saturated carbocycles. The summed E-state index contributed by atoms with van der Waals surface area (Å²) in [5.74, 6) is 1.49. The van der Waals surface area contributed by atoms with E-state index in [1.807, 2.05) is 12.1 Å². The molecule has 27 heavy (non-hydrogen) atoms. The number of hydrazone groups is 1. The van der Waals surface area contributed by atoms with Crippen LogP contribution in [0.3, 0.4) is 0 Å². The Kier molecular flexibility index (Phi) is 5.12. The van der Waals surface area contributed by atoms with Crippen LogP contribution in [-0.4, -0.2) is 41.2 Å². The zero-order chi connectivity index (χ0) is 18.8. The molecule has 142 valence electrons. The van der Waals surface area contributed by atoms with Crippen molar-refractivity contribution in [1.82, 2.24) is 9.91 Å². The van der Waals surface area contributed by atoms with E-state index >= 15 is 0 Å². The van der Waals surface area contributed by atoms with E-state index in [1.165, 1.54) is 12.0 Å². The summed E-state index contributed by atoms with van der Waals surface area (Å²) in [6.45, 7) is 6.72. The maximum atomic E-state index is 13.1. The van der Waals surface area contributed by atoms with Crippen LogP contribution >= 0.6 is 0 Å². The average molecular weight is 365 g/mol. The van der Waals surface area contributed by atoms with Gasteiger partial charge in [0.1, 0.15) is 11.8 Å². The largest absolute Gasteiger partial charge is 0.467 e. The number of hydrogen-bond acceptors (Lipinski definition) is 4. The molecule has 1 fully saturated rings. The molecule has 1 aromatic heterocycles. The summed E-state index contributed by atoms with van der Waals surface area (Å²) in [5, 5.41) is 6.37. The van der Waals surface area contributed by atoms with E-state index in [-0.39, 0.29) is 11.9 Å². The summed E-state index contributed by atoms with van der Waals surface area (Å²) < 4.78 is 5.63. The Bertz CT molecular complexity index is 811. The highest BCUT2D eigenvalue weighted by atomic mass is 16.3. The maximum Gasteiger partial charge on any atom is 0.257 e. The van der Waals surface area contributed by atoms with Crippen molar-refractivity contribution in [3.8, 4) is 0 Å². The molecule has 0 aliphatic carbocycles. The second-order valence-corrected chi connectivity index (χ2v) is 7.87. The van der Waals surface area contributed by atoms with E-state index in [0.717, 1.165) is 36.5 Å². The SMILES string of the molecule is Cc1ccc(C2=NN(C(=O)CN3CCC[C@H](C)C3)[C@H](c3ccco3)C2)cc1. The molecule has 0 radical (unpaired) electrons. The van der Waals surface area contributed by atoms with Crippen molar-refractivity contribution in [2.45, 2.75) is 39.2 Å². The van der Waals surface area contributed by atoms with E-state index in [0.29, 0.717) is 18.9 Å². The molecule has 4 rings (SSSR count). The molecule has 0 spiro atoms. The smallest absolute Gasteiger partial charge is 0.257 e. The Morgan fingerprint density at radius 3 is 2.78 bits per heavy atom. The van der Waals surface area contributed by atoms with Gasteiger partial charge in [-0.3, -0.25) is 9.69 Å². The molecule has 0 bridgehead atoms. The van der Waals surface area contributed by atoms with Crippen LogP contribution in [0.25, 0.3) is 0 Å². The third-order valence-corrected chi connectivity index (χ3v) is 5.52. The van der Waals surface area contributed by atoms with E-state index in [9.17, 15) is 4.79 Å². The first kappa shape index (κ1) is 18.0. The number of rotatable bonds is 4. The third-order valence-electron chi connectivity index (χ3n) is 5.52. The van der Waals surface area contributed by atoms with Crippen molar-refractivity contribution >= 4 is 11.6 Å². The molecule has 3 heterocycles. The minimum atomic E-state index is -0.161. The molecular formula is C22H27N3O2. The van der Waals surface area contributed by atoms with Crippen molar-refractivity contribution in [2.24, 2.45) is 11.0 Å². The van der Waals surface area contributed by atoms with Gasteiger partial charge in [-0.15, -0.1) is 0 Å². The molecular weight excluding hydrogens is 338 g/mol. The summed E-state index contributed by atoms with van der Waals surface area (Å²) in [7, 11) is 0. The highest BCUT2D eigenvalue weighted by Crippen LogP contribution is 2.33. The lowest BCUT2D eigenvalue weighted by atomic mass is 10.0. The van der Waals surface area contributed by atoms with Crippen molar-refractivity contribution in [2.75, 3.05) is 19.6 Å². The Balaban J connectivity index is 1.55. The van der Waals surface area contributed by atoms with E-state index in [2.05, 4.69) is 43.0 Å². The quantitative estimate of drug-likeness (QED) is 0.823. The maximum absolute atomic E-state index is 13.1. The van der Waals surface area contributed by atoms with Crippen LogP contribution in [0.5, 0.6) is 0 Å². The normalized spacial score (nSPS) is 23.5. The number of carbonyl (C=O) groups is 1. The number of likely N-dealkylation sites (tertiary alicyclic amines) is 1. The fourth-order valence-corrected chi connectivity index (χ4v) is 4.06. The van der Waals surface area contributed by atoms with Crippen LogP contribution in [0.4, 0.5) is 0 Å². The van der Waals surface area contributed by atoms with Crippen LogP contribution in [0, 0.1) is 12.8 Å². The van der Waals surface area contributed by atoms with Crippen molar-refractivity contribution in [1.29, 1.82) is 0 Å². The second kappa shape index (κ2) is 7.69. The number of piperidine rings is 1. The van der Waals surface area contributed by atoms with Crippen LogP contribution in [0.1, 0.15) is 49.1 Å². The third kappa shape index (κ3) is 3.98. The summed E-state index contributed by atoms with van der Waals surface area (Å²) in [4.78, 5) is 15.4. The van der Waals surface area contributed by atoms with Gasteiger partial charge in [-0.1, -0.05) is 36.8 Å². The Hall–Kier alpha value is -2.40. The number of aryl methyl sites for hydroxylation is 1. The second-order valence-electron chi connectivity index (χ2n) is 7.87. The number of nitrogens with zero attached hydrogens (tertiary/aromatic N) is 3. The molecule has 5 nitrogen and oxygen atoms in total. The van der Waals surface area contributed by atoms with Gasteiger partial charge in [-0.25, -0.2) is 5.01 Å². The van der Waals surface area contributed by atoms with E-state index in [4.69, 9.17) is 9.52 Å². The van der Waals surface area contributed by atoms with Gasteiger partial charge in [0.15, 0.2) is 0 Å². The monoisotopic (exact) mass is 365 g/mol. The van der Waals surface area contributed by atoms with Gasteiger partial charge in [-0.2, -0.15) is 5.10 Å². The Morgan fingerprint density at radius 2 is 2.07 bits per heavy atom.